The normalized spacial score (nSPS) is 15.0. The van der Waals surface area contributed by atoms with Crippen LogP contribution in [0, 0.1) is 11.8 Å². The number of nitrogens with one attached hydrogen (secondary N) is 1. The van der Waals surface area contributed by atoms with Crippen LogP contribution >= 0.6 is 11.6 Å². The van der Waals surface area contributed by atoms with Crippen LogP contribution < -0.4 is 24.3 Å². The van der Waals surface area contributed by atoms with Gasteiger partial charge < -0.3 is 29.2 Å². The molecule has 1 atom stereocenters. The highest BCUT2D eigenvalue weighted by molar-refractivity contribution is 6.32. The average Bonchev–Trinajstić information content (AvgIpc) is 3.09. The summed E-state index contributed by atoms with van der Waals surface area (Å²) in [5, 5.41) is 3.91. The van der Waals surface area contributed by atoms with E-state index >= 15 is 0 Å². The maximum atomic E-state index is 13.4. The van der Waals surface area contributed by atoms with Gasteiger partial charge in [0.15, 0.2) is 23.0 Å². The number of rotatable bonds is 9. The third kappa shape index (κ3) is 6.41. The van der Waals surface area contributed by atoms with Crippen LogP contribution in [0.15, 0.2) is 42.9 Å². The van der Waals surface area contributed by atoms with Gasteiger partial charge in [-0.15, -0.1) is 0 Å². The van der Waals surface area contributed by atoms with Gasteiger partial charge >= 0.3 is 0 Å². The smallest absolute Gasteiger partial charge is 0.226 e. The zero-order chi connectivity index (χ0) is 24.8. The minimum absolute atomic E-state index is 0.0899. The van der Waals surface area contributed by atoms with Crippen molar-refractivity contribution < 1.29 is 23.7 Å². The molecule has 4 rings (SSSR count). The number of nitrogens with zero attached hydrogens (tertiary/aromatic N) is 1. The molecule has 2 aromatic carbocycles. The van der Waals surface area contributed by atoms with Crippen LogP contribution in [0.25, 0.3) is 0 Å². The monoisotopic (exact) mass is 500 g/mol. The fraction of sp³-hybridized carbons (Fsp3) is 0.444. The highest BCUT2D eigenvalue weighted by Crippen LogP contribution is 2.38. The Morgan fingerprint density at radius 3 is 2.69 bits per heavy atom. The summed E-state index contributed by atoms with van der Waals surface area (Å²) in [6, 6.07) is 9.58. The average molecular weight is 501 g/mol. The Labute approximate surface area is 211 Å². The molecule has 0 saturated heterocycles. The maximum Gasteiger partial charge on any atom is 0.226 e. The van der Waals surface area contributed by atoms with Gasteiger partial charge in [0.05, 0.1) is 18.2 Å². The molecule has 1 amide bonds. The summed E-state index contributed by atoms with van der Waals surface area (Å²) in [6.07, 6.45) is 3.85. The zero-order valence-electron chi connectivity index (χ0n) is 20.5. The standard InChI is InChI=1S/C27H33ClN2O5/c1-18(2)16-30(17-20-12-22(28)26-24(13-20)32-8-5-9-34-26)27(31)19(3)14-29-15-21-6-4-7-23-25(21)35-11-10-33-23/h4,6-7,10-13,18-19,29H,5,8-9,14-17H2,1-3H3. The van der Waals surface area contributed by atoms with Crippen LogP contribution in [0.5, 0.6) is 23.0 Å². The van der Waals surface area contributed by atoms with Crippen LogP contribution in [-0.2, 0) is 17.9 Å². The Balaban J connectivity index is 1.40. The number of ether oxygens (including phenoxy) is 4. The zero-order valence-corrected chi connectivity index (χ0v) is 21.3. The van der Waals surface area contributed by atoms with Crippen LogP contribution in [0.3, 0.4) is 0 Å². The topological polar surface area (TPSA) is 69.3 Å². The van der Waals surface area contributed by atoms with Crippen LogP contribution in [0.2, 0.25) is 5.02 Å². The predicted molar refractivity (Wildman–Crippen MR) is 135 cm³/mol. The van der Waals surface area contributed by atoms with Gasteiger partial charge in [0.1, 0.15) is 12.5 Å². The van der Waals surface area contributed by atoms with Gasteiger partial charge in [0, 0.05) is 44.1 Å². The molecule has 0 bridgehead atoms. The number of halogens is 1. The van der Waals surface area contributed by atoms with E-state index in [1.54, 1.807) is 0 Å². The Bertz CT molecular complexity index is 1070. The van der Waals surface area contributed by atoms with E-state index in [-0.39, 0.29) is 11.8 Å². The third-order valence-corrected chi connectivity index (χ3v) is 6.10. The van der Waals surface area contributed by atoms with Gasteiger partial charge in [-0.2, -0.15) is 0 Å². The molecule has 188 valence electrons. The Morgan fingerprint density at radius 1 is 1.06 bits per heavy atom. The first-order valence-corrected chi connectivity index (χ1v) is 12.5. The van der Waals surface area contributed by atoms with Gasteiger partial charge in [-0.25, -0.2) is 0 Å². The largest absolute Gasteiger partial charge is 0.489 e. The fourth-order valence-electron chi connectivity index (χ4n) is 4.22. The summed E-state index contributed by atoms with van der Waals surface area (Å²) in [5.74, 6) is 2.83. The molecule has 1 N–H and O–H groups in total. The quantitative estimate of drug-likeness (QED) is 0.513. The second-order valence-electron chi connectivity index (χ2n) is 9.35. The van der Waals surface area contributed by atoms with Crippen LogP contribution in [0.4, 0.5) is 0 Å². The second kappa shape index (κ2) is 11.7. The Kier molecular flexibility index (Phi) is 8.42. The van der Waals surface area contributed by atoms with Crippen molar-refractivity contribution in [3.8, 4) is 23.0 Å². The summed E-state index contributed by atoms with van der Waals surface area (Å²) >= 11 is 6.49. The molecule has 7 nitrogen and oxygen atoms in total. The number of benzene rings is 2. The van der Waals surface area contributed by atoms with E-state index in [0.717, 1.165) is 17.5 Å². The van der Waals surface area contributed by atoms with Gasteiger partial charge in [0.25, 0.3) is 0 Å². The highest BCUT2D eigenvalue weighted by atomic mass is 35.5. The number of amides is 1. The maximum absolute atomic E-state index is 13.4. The molecule has 2 aliphatic rings. The first kappa shape index (κ1) is 25.2. The molecule has 0 radical (unpaired) electrons. The Hall–Kier alpha value is -2.90. The molecular weight excluding hydrogens is 468 g/mol. The number of hydrogen-bond acceptors (Lipinski definition) is 6. The van der Waals surface area contributed by atoms with Crippen molar-refractivity contribution in [1.29, 1.82) is 0 Å². The molecule has 35 heavy (non-hydrogen) atoms. The second-order valence-corrected chi connectivity index (χ2v) is 9.76. The SMILES string of the molecule is CC(C)CN(Cc1cc(Cl)c2c(c1)OCCCO2)C(=O)C(C)CNCc1cccc2c1OC=CO2. The van der Waals surface area contributed by atoms with Crippen molar-refractivity contribution in [2.45, 2.75) is 40.3 Å². The highest BCUT2D eigenvalue weighted by Gasteiger charge is 2.24. The molecule has 1 unspecified atom stereocenters. The summed E-state index contributed by atoms with van der Waals surface area (Å²) in [7, 11) is 0. The van der Waals surface area contributed by atoms with Gasteiger partial charge in [-0.1, -0.05) is 44.5 Å². The van der Waals surface area contributed by atoms with E-state index < -0.39 is 0 Å². The molecule has 0 aromatic heterocycles. The summed E-state index contributed by atoms with van der Waals surface area (Å²) in [6.45, 7) is 9.55. The molecule has 2 aliphatic heterocycles. The van der Waals surface area contributed by atoms with E-state index in [4.69, 9.17) is 30.5 Å². The van der Waals surface area contributed by atoms with E-state index in [2.05, 4.69) is 19.2 Å². The predicted octanol–water partition coefficient (Wildman–Crippen LogP) is 5.15. The molecule has 0 saturated carbocycles. The molecule has 0 aliphatic carbocycles. The van der Waals surface area contributed by atoms with Crippen molar-refractivity contribution in [2.75, 3.05) is 26.3 Å². The van der Waals surface area contributed by atoms with Gasteiger partial charge in [-0.3, -0.25) is 4.79 Å². The lowest BCUT2D eigenvalue weighted by Crippen LogP contribution is -2.40. The van der Waals surface area contributed by atoms with Gasteiger partial charge in [-0.05, 0) is 29.7 Å². The lowest BCUT2D eigenvalue weighted by atomic mass is 10.1. The molecule has 0 spiro atoms. The number of hydrogen-bond donors (Lipinski definition) is 1. The summed E-state index contributed by atoms with van der Waals surface area (Å²) in [5.41, 5.74) is 1.90. The van der Waals surface area contributed by atoms with Crippen molar-refractivity contribution in [1.82, 2.24) is 10.2 Å². The van der Waals surface area contributed by atoms with Crippen molar-refractivity contribution in [3.63, 3.8) is 0 Å². The number of fused-ring (bicyclic) bond motifs is 2. The number of para-hydroxylation sites is 1. The van der Waals surface area contributed by atoms with Crippen molar-refractivity contribution >= 4 is 17.5 Å². The van der Waals surface area contributed by atoms with Gasteiger partial charge in [0.2, 0.25) is 5.91 Å². The molecule has 2 heterocycles. The van der Waals surface area contributed by atoms with E-state index in [0.29, 0.717) is 73.3 Å². The van der Waals surface area contributed by atoms with E-state index in [1.165, 1.54) is 12.5 Å². The third-order valence-electron chi connectivity index (χ3n) is 5.82. The van der Waals surface area contributed by atoms with Crippen molar-refractivity contribution in [3.05, 3.63) is 59.0 Å². The summed E-state index contributed by atoms with van der Waals surface area (Å²) in [4.78, 5) is 15.3. The number of carbonyl (C=O) groups excluding carboxylic acids is 1. The first-order valence-electron chi connectivity index (χ1n) is 12.1. The lowest BCUT2D eigenvalue weighted by molar-refractivity contribution is -0.136. The Morgan fingerprint density at radius 2 is 1.86 bits per heavy atom. The lowest BCUT2D eigenvalue weighted by Gasteiger charge is -2.28. The molecule has 0 fully saturated rings. The summed E-state index contributed by atoms with van der Waals surface area (Å²) < 4.78 is 22.7. The van der Waals surface area contributed by atoms with E-state index in [9.17, 15) is 4.79 Å². The minimum Gasteiger partial charge on any atom is -0.489 e. The first-order chi connectivity index (χ1) is 16.9. The molecule has 8 heteroatoms. The molecular formula is C27H33ClN2O5. The molecule has 2 aromatic rings. The fourth-order valence-corrected chi connectivity index (χ4v) is 4.50. The number of carbonyl (C=O) groups is 1. The van der Waals surface area contributed by atoms with Crippen molar-refractivity contribution in [2.24, 2.45) is 11.8 Å². The van der Waals surface area contributed by atoms with Crippen LogP contribution in [-0.4, -0.2) is 37.1 Å². The minimum atomic E-state index is -0.207. The van der Waals surface area contributed by atoms with E-state index in [1.807, 2.05) is 42.2 Å². The van der Waals surface area contributed by atoms with Crippen LogP contribution in [0.1, 0.15) is 38.3 Å².